The predicted molar refractivity (Wildman–Crippen MR) is 61.6 cm³/mol. The summed E-state index contributed by atoms with van der Waals surface area (Å²) < 4.78 is 4.76. The van der Waals surface area contributed by atoms with E-state index >= 15 is 0 Å². The van der Waals surface area contributed by atoms with Crippen molar-refractivity contribution in [1.29, 1.82) is 0 Å². The number of rotatable bonds is 2. The van der Waals surface area contributed by atoms with Gasteiger partial charge in [0.25, 0.3) is 0 Å². The van der Waals surface area contributed by atoms with Crippen LogP contribution in [0.1, 0.15) is 13.8 Å². The van der Waals surface area contributed by atoms with Crippen molar-refractivity contribution in [2.75, 3.05) is 32.8 Å². The van der Waals surface area contributed by atoms with Crippen molar-refractivity contribution in [2.45, 2.75) is 25.9 Å². The van der Waals surface area contributed by atoms with Gasteiger partial charge in [-0.25, -0.2) is 9.69 Å². The van der Waals surface area contributed by atoms with Crippen molar-refractivity contribution in [3.05, 3.63) is 0 Å². The normalized spacial score (nSPS) is 30.5. The van der Waals surface area contributed by atoms with Gasteiger partial charge in [-0.05, 0) is 13.8 Å². The van der Waals surface area contributed by atoms with E-state index in [-0.39, 0.29) is 5.91 Å². The quantitative estimate of drug-likeness (QED) is 0.716. The Morgan fingerprint density at radius 3 is 2.94 bits per heavy atom. The molecule has 2 heterocycles. The minimum Gasteiger partial charge on any atom is -0.447 e. The van der Waals surface area contributed by atoms with E-state index in [1.807, 2.05) is 0 Å². The van der Waals surface area contributed by atoms with Gasteiger partial charge in [-0.15, -0.1) is 0 Å². The molecule has 2 fully saturated rings. The predicted octanol–water partition coefficient (Wildman–Crippen LogP) is -0.353. The maximum absolute atomic E-state index is 11.9. The molecule has 0 aromatic carbocycles. The van der Waals surface area contributed by atoms with Crippen LogP contribution < -0.4 is 5.32 Å². The maximum atomic E-state index is 11.9. The molecule has 2 unspecified atom stereocenters. The molecule has 0 spiro atoms. The monoisotopic (exact) mass is 241 g/mol. The second-order valence-corrected chi connectivity index (χ2v) is 4.75. The van der Waals surface area contributed by atoms with Crippen molar-refractivity contribution < 1.29 is 14.3 Å². The molecule has 2 rings (SSSR count). The SMILES string of the molecule is CC1CN(CC(=O)N2CCOC2=O)C(C)CN1. The van der Waals surface area contributed by atoms with E-state index in [0.717, 1.165) is 13.1 Å². The number of carbonyl (C=O) groups excluding carboxylic acids is 2. The Labute approximate surface area is 101 Å². The Bertz CT molecular complexity index is 321. The van der Waals surface area contributed by atoms with Gasteiger partial charge in [0.05, 0.1) is 13.1 Å². The van der Waals surface area contributed by atoms with Crippen LogP contribution in [0.15, 0.2) is 0 Å². The van der Waals surface area contributed by atoms with E-state index in [9.17, 15) is 9.59 Å². The molecular formula is C11H19N3O3. The topological polar surface area (TPSA) is 61.9 Å². The molecule has 17 heavy (non-hydrogen) atoms. The van der Waals surface area contributed by atoms with Crippen LogP contribution in [-0.2, 0) is 9.53 Å². The van der Waals surface area contributed by atoms with Crippen LogP contribution in [0.4, 0.5) is 4.79 Å². The van der Waals surface area contributed by atoms with Gasteiger partial charge in [-0.3, -0.25) is 9.69 Å². The van der Waals surface area contributed by atoms with Crippen LogP contribution in [0.25, 0.3) is 0 Å². The van der Waals surface area contributed by atoms with Crippen LogP contribution in [0.3, 0.4) is 0 Å². The third-order valence-electron chi connectivity index (χ3n) is 3.29. The zero-order valence-electron chi connectivity index (χ0n) is 10.3. The third-order valence-corrected chi connectivity index (χ3v) is 3.29. The summed E-state index contributed by atoms with van der Waals surface area (Å²) in [5.74, 6) is -0.159. The molecule has 0 aromatic heterocycles. The lowest BCUT2D eigenvalue weighted by atomic mass is 10.1. The minimum atomic E-state index is -0.508. The smallest absolute Gasteiger partial charge is 0.416 e. The zero-order chi connectivity index (χ0) is 12.4. The number of nitrogens with one attached hydrogen (secondary N) is 1. The molecule has 2 aliphatic rings. The number of cyclic esters (lactones) is 1. The molecule has 0 bridgehead atoms. The highest BCUT2D eigenvalue weighted by molar-refractivity contribution is 5.94. The molecule has 1 N–H and O–H groups in total. The second kappa shape index (κ2) is 5.01. The average molecular weight is 241 g/mol. The van der Waals surface area contributed by atoms with Crippen LogP contribution in [-0.4, -0.2) is 66.7 Å². The van der Waals surface area contributed by atoms with Gasteiger partial charge in [0, 0.05) is 25.2 Å². The Kier molecular flexibility index (Phi) is 3.63. The summed E-state index contributed by atoms with van der Waals surface area (Å²) in [6.45, 7) is 6.87. The Hall–Kier alpha value is -1.14. The molecule has 96 valence electrons. The minimum absolute atomic E-state index is 0.159. The summed E-state index contributed by atoms with van der Waals surface area (Å²) >= 11 is 0. The second-order valence-electron chi connectivity index (χ2n) is 4.75. The molecule has 0 radical (unpaired) electrons. The number of nitrogens with zero attached hydrogens (tertiary/aromatic N) is 2. The van der Waals surface area contributed by atoms with Gasteiger partial charge in [0.15, 0.2) is 0 Å². The fraction of sp³-hybridized carbons (Fsp3) is 0.818. The third kappa shape index (κ3) is 2.76. The van der Waals surface area contributed by atoms with Crippen molar-refractivity contribution in [3.8, 4) is 0 Å². The first-order chi connectivity index (χ1) is 8.08. The van der Waals surface area contributed by atoms with Crippen molar-refractivity contribution >= 4 is 12.0 Å². The standard InChI is InChI=1S/C11H19N3O3/c1-8-6-13(9(2)5-12-8)7-10(15)14-3-4-17-11(14)16/h8-9,12H,3-7H2,1-2H3. The van der Waals surface area contributed by atoms with Crippen LogP contribution >= 0.6 is 0 Å². The maximum Gasteiger partial charge on any atom is 0.416 e. The van der Waals surface area contributed by atoms with Gasteiger partial charge in [-0.2, -0.15) is 0 Å². The van der Waals surface area contributed by atoms with Crippen molar-refractivity contribution in [3.63, 3.8) is 0 Å². The van der Waals surface area contributed by atoms with Crippen molar-refractivity contribution in [1.82, 2.24) is 15.1 Å². The first-order valence-corrected chi connectivity index (χ1v) is 6.02. The molecule has 0 aliphatic carbocycles. The highest BCUT2D eigenvalue weighted by Crippen LogP contribution is 2.09. The number of imide groups is 1. The van der Waals surface area contributed by atoms with Crippen LogP contribution in [0.2, 0.25) is 0 Å². The van der Waals surface area contributed by atoms with Gasteiger partial charge >= 0.3 is 6.09 Å². The van der Waals surface area contributed by atoms with Crippen molar-refractivity contribution in [2.24, 2.45) is 0 Å². The number of carbonyl (C=O) groups is 2. The largest absolute Gasteiger partial charge is 0.447 e. The van der Waals surface area contributed by atoms with E-state index in [2.05, 4.69) is 24.1 Å². The Morgan fingerprint density at radius 2 is 2.29 bits per heavy atom. The number of piperazine rings is 1. The van der Waals surface area contributed by atoms with E-state index in [0.29, 0.717) is 31.8 Å². The summed E-state index contributed by atoms with van der Waals surface area (Å²) in [6.07, 6.45) is -0.508. The Morgan fingerprint density at radius 1 is 1.53 bits per heavy atom. The highest BCUT2D eigenvalue weighted by atomic mass is 16.6. The number of ether oxygens (including phenoxy) is 1. The molecule has 2 aliphatic heterocycles. The molecule has 6 heteroatoms. The number of hydrogen-bond acceptors (Lipinski definition) is 5. The fourth-order valence-corrected chi connectivity index (χ4v) is 2.20. The van der Waals surface area contributed by atoms with Crippen LogP contribution in [0.5, 0.6) is 0 Å². The van der Waals surface area contributed by atoms with Gasteiger partial charge < -0.3 is 10.1 Å². The van der Waals surface area contributed by atoms with E-state index in [4.69, 9.17) is 4.74 Å². The van der Waals surface area contributed by atoms with Crippen LogP contribution in [0, 0.1) is 0 Å². The summed E-state index contributed by atoms with van der Waals surface area (Å²) in [4.78, 5) is 26.5. The van der Waals surface area contributed by atoms with E-state index in [1.54, 1.807) is 0 Å². The summed E-state index contributed by atoms with van der Waals surface area (Å²) in [6, 6.07) is 0.693. The first kappa shape index (κ1) is 12.3. The van der Waals surface area contributed by atoms with E-state index < -0.39 is 6.09 Å². The molecule has 6 nitrogen and oxygen atoms in total. The lowest BCUT2D eigenvalue weighted by Crippen LogP contribution is -2.56. The molecular weight excluding hydrogens is 222 g/mol. The molecule has 2 atom stereocenters. The van der Waals surface area contributed by atoms with E-state index in [1.165, 1.54) is 4.90 Å². The van der Waals surface area contributed by atoms with Gasteiger partial charge in [0.2, 0.25) is 5.91 Å². The number of hydrogen-bond donors (Lipinski definition) is 1. The molecule has 0 aromatic rings. The molecule has 0 saturated carbocycles. The summed E-state index contributed by atoms with van der Waals surface area (Å²) in [7, 11) is 0. The summed E-state index contributed by atoms with van der Waals surface area (Å²) in [5.41, 5.74) is 0. The molecule has 2 saturated heterocycles. The number of amides is 2. The lowest BCUT2D eigenvalue weighted by Gasteiger charge is -2.37. The average Bonchev–Trinajstić information content (AvgIpc) is 2.70. The zero-order valence-corrected chi connectivity index (χ0v) is 10.3. The lowest BCUT2D eigenvalue weighted by molar-refractivity contribution is -0.129. The summed E-state index contributed by atoms with van der Waals surface area (Å²) in [5, 5.41) is 3.36. The Balaban J connectivity index is 1.91. The molecule has 2 amide bonds. The first-order valence-electron chi connectivity index (χ1n) is 6.02. The van der Waals surface area contributed by atoms with Gasteiger partial charge in [-0.1, -0.05) is 0 Å². The highest BCUT2D eigenvalue weighted by Gasteiger charge is 2.31. The van der Waals surface area contributed by atoms with Gasteiger partial charge in [0.1, 0.15) is 6.61 Å². The fourth-order valence-electron chi connectivity index (χ4n) is 2.20.